The van der Waals surface area contributed by atoms with Crippen LogP contribution in [0.4, 0.5) is 18.9 Å². The van der Waals surface area contributed by atoms with Crippen molar-refractivity contribution in [2.75, 3.05) is 5.32 Å². The van der Waals surface area contributed by atoms with Gasteiger partial charge in [0.2, 0.25) is 14.9 Å². The van der Waals surface area contributed by atoms with Crippen molar-refractivity contribution in [2.24, 2.45) is 0 Å². The molecule has 140 valence electrons. The van der Waals surface area contributed by atoms with Crippen LogP contribution in [0.25, 0.3) is 0 Å². The highest BCUT2D eigenvalue weighted by molar-refractivity contribution is 7.91. The number of furan rings is 1. The number of sulfone groups is 1. The summed E-state index contributed by atoms with van der Waals surface area (Å²) >= 11 is 0. The van der Waals surface area contributed by atoms with Gasteiger partial charge in [0.1, 0.15) is 0 Å². The van der Waals surface area contributed by atoms with E-state index < -0.39 is 32.6 Å². The molecule has 27 heavy (non-hydrogen) atoms. The van der Waals surface area contributed by atoms with Crippen LogP contribution in [0, 0.1) is 0 Å². The van der Waals surface area contributed by atoms with E-state index >= 15 is 0 Å². The highest BCUT2D eigenvalue weighted by Gasteiger charge is 2.30. The van der Waals surface area contributed by atoms with Crippen molar-refractivity contribution in [3.05, 3.63) is 78.1 Å². The Morgan fingerprint density at radius 2 is 1.63 bits per heavy atom. The number of alkyl halides is 3. The molecule has 0 bridgehead atoms. The summed E-state index contributed by atoms with van der Waals surface area (Å²) < 4.78 is 68.2. The summed E-state index contributed by atoms with van der Waals surface area (Å²) in [6.45, 7) is 0. The van der Waals surface area contributed by atoms with Crippen molar-refractivity contribution in [3.8, 4) is 0 Å². The van der Waals surface area contributed by atoms with Crippen LogP contribution in [0.15, 0.2) is 81.1 Å². The normalized spacial score (nSPS) is 12.0. The van der Waals surface area contributed by atoms with Gasteiger partial charge in [0.15, 0.2) is 5.76 Å². The Hall–Kier alpha value is -3.07. The molecule has 1 heterocycles. The zero-order valence-electron chi connectivity index (χ0n) is 13.5. The maximum atomic E-state index is 12.7. The van der Waals surface area contributed by atoms with E-state index in [1.807, 2.05) is 0 Å². The third-order valence-electron chi connectivity index (χ3n) is 3.57. The van der Waals surface area contributed by atoms with Gasteiger partial charge in [0.05, 0.1) is 10.5 Å². The third kappa shape index (κ3) is 4.03. The molecular formula is C18H12F3NO4S. The fourth-order valence-electron chi connectivity index (χ4n) is 2.27. The van der Waals surface area contributed by atoms with Gasteiger partial charge in [-0.25, -0.2) is 8.42 Å². The van der Waals surface area contributed by atoms with E-state index in [1.165, 1.54) is 30.3 Å². The summed E-state index contributed by atoms with van der Waals surface area (Å²) in [5, 5.41) is 1.81. The molecular weight excluding hydrogens is 383 g/mol. The van der Waals surface area contributed by atoms with Crippen LogP contribution in [-0.4, -0.2) is 14.3 Å². The summed E-state index contributed by atoms with van der Waals surface area (Å²) in [5.41, 5.74) is -1.02. The zero-order valence-corrected chi connectivity index (χ0v) is 14.3. The Labute approximate surface area is 152 Å². The minimum Gasteiger partial charge on any atom is -0.439 e. The average Bonchev–Trinajstić information content (AvgIpc) is 3.13. The first-order chi connectivity index (χ1) is 12.7. The number of anilines is 1. The van der Waals surface area contributed by atoms with Crippen molar-refractivity contribution < 1.29 is 30.8 Å². The van der Waals surface area contributed by atoms with Crippen molar-refractivity contribution in [1.82, 2.24) is 0 Å². The summed E-state index contributed by atoms with van der Waals surface area (Å²) in [6, 6.07) is 13.8. The number of carbonyl (C=O) groups is 1. The molecule has 0 radical (unpaired) electrons. The molecule has 1 aromatic heterocycles. The number of carbonyl (C=O) groups excluding carboxylic acids is 1. The van der Waals surface area contributed by atoms with E-state index in [0.717, 1.165) is 30.3 Å². The summed E-state index contributed by atoms with van der Waals surface area (Å²) in [6.07, 6.45) is -4.55. The second-order valence-electron chi connectivity index (χ2n) is 5.47. The van der Waals surface area contributed by atoms with Gasteiger partial charge < -0.3 is 9.73 Å². The SMILES string of the molecule is O=C(Nc1cccc(C(F)(F)F)c1)c1ccc(S(=O)(=O)c2ccccc2)o1. The number of amides is 1. The van der Waals surface area contributed by atoms with Crippen LogP contribution in [0.1, 0.15) is 16.1 Å². The minimum absolute atomic E-state index is 0.0100. The van der Waals surface area contributed by atoms with Crippen LogP contribution >= 0.6 is 0 Å². The van der Waals surface area contributed by atoms with E-state index in [2.05, 4.69) is 5.32 Å². The zero-order chi connectivity index (χ0) is 19.7. The van der Waals surface area contributed by atoms with Crippen molar-refractivity contribution in [2.45, 2.75) is 16.2 Å². The first-order valence-corrected chi connectivity index (χ1v) is 9.05. The largest absolute Gasteiger partial charge is 0.439 e. The Morgan fingerprint density at radius 3 is 2.30 bits per heavy atom. The fourth-order valence-corrected chi connectivity index (χ4v) is 3.46. The molecule has 0 aliphatic rings. The molecule has 1 amide bonds. The fraction of sp³-hybridized carbons (Fsp3) is 0.0556. The van der Waals surface area contributed by atoms with Crippen LogP contribution in [-0.2, 0) is 16.0 Å². The van der Waals surface area contributed by atoms with Crippen LogP contribution < -0.4 is 5.32 Å². The molecule has 2 aromatic carbocycles. The first-order valence-electron chi connectivity index (χ1n) is 7.56. The Kier molecular flexibility index (Phi) is 4.79. The van der Waals surface area contributed by atoms with Crippen LogP contribution in [0.3, 0.4) is 0 Å². The van der Waals surface area contributed by atoms with Gasteiger partial charge in [-0.2, -0.15) is 13.2 Å². The lowest BCUT2D eigenvalue weighted by molar-refractivity contribution is -0.137. The van der Waals surface area contributed by atoms with Gasteiger partial charge in [0.25, 0.3) is 5.91 Å². The second kappa shape index (κ2) is 6.92. The monoisotopic (exact) mass is 395 g/mol. The molecule has 3 rings (SSSR count). The van der Waals surface area contributed by atoms with E-state index in [4.69, 9.17) is 4.42 Å². The maximum absolute atomic E-state index is 12.7. The molecule has 3 aromatic rings. The summed E-state index contributed by atoms with van der Waals surface area (Å²) in [4.78, 5) is 12.2. The number of halogens is 3. The quantitative estimate of drug-likeness (QED) is 0.711. The number of hydrogen-bond donors (Lipinski definition) is 1. The van der Waals surface area contributed by atoms with Crippen molar-refractivity contribution in [3.63, 3.8) is 0 Å². The van der Waals surface area contributed by atoms with Crippen molar-refractivity contribution >= 4 is 21.4 Å². The second-order valence-corrected chi connectivity index (χ2v) is 7.35. The van der Waals surface area contributed by atoms with Crippen LogP contribution in [0.5, 0.6) is 0 Å². The number of nitrogens with one attached hydrogen (secondary N) is 1. The molecule has 0 aliphatic heterocycles. The smallest absolute Gasteiger partial charge is 0.416 e. The minimum atomic E-state index is -4.55. The van der Waals surface area contributed by atoms with Gasteiger partial charge in [-0.3, -0.25) is 4.79 Å². The predicted octanol–water partition coefficient (Wildman–Crippen LogP) is 4.38. The lowest BCUT2D eigenvalue weighted by Gasteiger charge is -2.09. The van der Waals surface area contributed by atoms with Gasteiger partial charge in [-0.05, 0) is 42.5 Å². The van der Waals surface area contributed by atoms with E-state index in [1.54, 1.807) is 6.07 Å². The maximum Gasteiger partial charge on any atom is 0.416 e. The van der Waals surface area contributed by atoms with E-state index in [0.29, 0.717) is 0 Å². The van der Waals surface area contributed by atoms with Gasteiger partial charge in [-0.1, -0.05) is 24.3 Å². The molecule has 0 saturated heterocycles. The molecule has 5 nitrogen and oxygen atoms in total. The summed E-state index contributed by atoms with van der Waals surface area (Å²) in [5.74, 6) is -1.22. The highest BCUT2D eigenvalue weighted by Crippen LogP contribution is 2.31. The Bertz CT molecular complexity index is 1070. The van der Waals surface area contributed by atoms with Gasteiger partial charge in [-0.15, -0.1) is 0 Å². The highest BCUT2D eigenvalue weighted by atomic mass is 32.2. The number of hydrogen-bond acceptors (Lipinski definition) is 4. The van der Waals surface area contributed by atoms with Gasteiger partial charge >= 0.3 is 6.18 Å². The van der Waals surface area contributed by atoms with Crippen LogP contribution in [0.2, 0.25) is 0 Å². The van der Waals surface area contributed by atoms with Crippen molar-refractivity contribution in [1.29, 1.82) is 0 Å². The van der Waals surface area contributed by atoms with E-state index in [-0.39, 0.29) is 16.3 Å². The Balaban J connectivity index is 1.82. The molecule has 9 heteroatoms. The topological polar surface area (TPSA) is 76.4 Å². The molecule has 0 unspecified atom stereocenters. The van der Waals surface area contributed by atoms with E-state index in [9.17, 15) is 26.4 Å². The molecule has 0 fully saturated rings. The third-order valence-corrected chi connectivity index (χ3v) is 5.21. The average molecular weight is 395 g/mol. The molecule has 1 N–H and O–H groups in total. The molecule has 0 aliphatic carbocycles. The number of rotatable bonds is 4. The summed E-state index contributed by atoms with van der Waals surface area (Å²) in [7, 11) is -3.95. The lowest BCUT2D eigenvalue weighted by atomic mass is 10.2. The predicted molar refractivity (Wildman–Crippen MR) is 90.0 cm³/mol. The molecule has 0 spiro atoms. The number of benzene rings is 2. The lowest BCUT2D eigenvalue weighted by Crippen LogP contribution is -2.12. The van der Waals surface area contributed by atoms with Gasteiger partial charge in [0, 0.05) is 5.69 Å². The first kappa shape index (κ1) is 18.7. The molecule has 0 saturated carbocycles. The molecule has 0 atom stereocenters. The Morgan fingerprint density at radius 1 is 0.926 bits per heavy atom. The standard InChI is InChI=1S/C18H12F3NO4S/c19-18(20,21)12-5-4-6-13(11-12)22-17(23)15-9-10-16(26-15)27(24,25)14-7-2-1-3-8-14/h1-11H,(H,22,23).